The van der Waals surface area contributed by atoms with Crippen LogP contribution in [0.5, 0.6) is 0 Å². The number of hydrogen-bond acceptors (Lipinski definition) is 3. The number of hydrogen-bond donors (Lipinski definition) is 3. The van der Waals surface area contributed by atoms with Gasteiger partial charge in [0.05, 0.1) is 11.5 Å². The first-order chi connectivity index (χ1) is 8.33. The summed E-state index contributed by atoms with van der Waals surface area (Å²) in [5.41, 5.74) is 5.29. The van der Waals surface area contributed by atoms with E-state index in [9.17, 15) is 9.59 Å². The van der Waals surface area contributed by atoms with Crippen molar-refractivity contribution in [2.24, 2.45) is 11.1 Å². The van der Waals surface area contributed by atoms with Crippen LogP contribution in [0.3, 0.4) is 0 Å². The molecule has 0 heterocycles. The summed E-state index contributed by atoms with van der Waals surface area (Å²) in [5.74, 6) is -1.28. The Morgan fingerprint density at radius 3 is 2.56 bits per heavy atom. The molecule has 0 saturated heterocycles. The Labute approximate surface area is 113 Å². The van der Waals surface area contributed by atoms with Crippen LogP contribution in [0.2, 0.25) is 0 Å². The van der Waals surface area contributed by atoms with Crippen molar-refractivity contribution in [1.82, 2.24) is 10.6 Å². The number of carbonyl (C=O) groups excluding carboxylic acids is 2. The van der Waals surface area contributed by atoms with Gasteiger partial charge in [0.15, 0.2) is 0 Å². The van der Waals surface area contributed by atoms with Crippen molar-refractivity contribution in [3.8, 4) is 0 Å². The van der Waals surface area contributed by atoms with Crippen LogP contribution in [0, 0.1) is 5.41 Å². The molecule has 0 aromatic rings. The Balaban J connectivity index is 2.48. The maximum atomic E-state index is 11.7. The quantitative estimate of drug-likeness (QED) is 0.515. The van der Waals surface area contributed by atoms with Gasteiger partial charge >= 0.3 is 11.8 Å². The number of carbonyl (C=O) groups is 2. The van der Waals surface area contributed by atoms with E-state index in [0.717, 1.165) is 19.3 Å². The number of nitrogens with one attached hydrogen (secondary N) is 2. The average molecular weight is 271 g/mol. The van der Waals surface area contributed by atoms with E-state index in [1.807, 2.05) is 0 Å². The molecule has 6 heteroatoms. The van der Waals surface area contributed by atoms with Crippen LogP contribution in [0.4, 0.5) is 0 Å². The SMILES string of the molecule is CC1(C)CCCCC1NC(=O)C(=O)NCC(N)=S. The summed E-state index contributed by atoms with van der Waals surface area (Å²) in [6, 6.07) is 0.0503. The van der Waals surface area contributed by atoms with Crippen LogP contribution < -0.4 is 16.4 Å². The van der Waals surface area contributed by atoms with Gasteiger partial charge in [-0.15, -0.1) is 0 Å². The van der Waals surface area contributed by atoms with E-state index < -0.39 is 11.8 Å². The maximum absolute atomic E-state index is 11.7. The minimum atomic E-state index is -0.677. The van der Waals surface area contributed by atoms with Gasteiger partial charge in [0.2, 0.25) is 0 Å². The molecule has 4 N–H and O–H groups in total. The van der Waals surface area contributed by atoms with Crippen molar-refractivity contribution in [3.05, 3.63) is 0 Å². The molecular weight excluding hydrogens is 250 g/mol. The molecule has 0 radical (unpaired) electrons. The van der Waals surface area contributed by atoms with Crippen molar-refractivity contribution in [2.45, 2.75) is 45.6 Å². The Morgan fingerprint density at radius 1 is 1.33 bits per heavy atom. The fourth-order valence-corrected chi connectivity index (χ4v) is 2.31. The topological polar surface area (TPSA) is 84.2 Å². The maximum Gasteiger partial charge on any atom is 0.309 e. The van der Waals surface area contributed by atoms with Crippen molar-refractivity contribution >= 4 is 29.0 Å². The number of rotatable bonds is 3. The first kappa shape index (κ1) is 14.9. The average Bonchev–Trinajstić information content (AvgIpc) is 2.28. The molecule has 1 fully saturated rings. The zero-order valence-electron chi connectivity index (χ0n) is 10.9. The van der Waals surface area contributed by atoms with Gasteiger partial charge in [-0.3, -0.25) is 9.59 Å². The molecular formula is C12H21N3O2S. The smallest absolute Gasteiger partial charge is 0.309 e. The van der Waals surface area contributed by atoms with Gasteiger partial charge in [-0.1, -0.05) is 38.9 Å². The van der Waals surface area contributed by atoms with Gasteiger partial charge in [-0.05, 0) is 18.3 Å². The third-order valence-electron chi connectivity index (χ3n) is 3.44. The first-order valence-corrected chi connectivity index (χ1v) is 6.61. The van der Waals surface area contributed by atoms with Crippen LogP contribution in [-0.4, -0.2) is 29.4 Å². The normalized spacial score (nSPS) is 22.0. The second-order valence-electron chi connectivity index (χ2n) is 5.41. The Kier molecular flexibility index (Phi) is 5.07. The molecule has 0 bridgehead atoms. The van der Waals surface area contributed by atoms with Gasteiger partial charge in [-0.2, -0.15) is 0 Å². The van der Waals surface area contributed by atoms with E-state index in [1.54, 1.807) is 0 Å². The molecule has 0 spiro atoms. The van der Waals surface area contributed by atoms with Crippen molar-refractivity contribution in [3.63, 3.8) is 0 Å². The van der Waals surface area contributed by atoms with Gasteiger partial charge in [-0.25, -0.2) is 0 Å². The number of nitrogens with two attached hydrogens (primary N) is 1. The first-order valence-electron chi connectivity index (χ1n) is 6.20. The summed E-state index contributed by atoms with van der Waals surface area (Å²) in [6.07, 6.45) is 4.24. The highest BCUT2D eigenvalue weighted by Gasteiger charge is 2.34. The van der Waals surface area contributed by atoms with E-state index >= 15 is 0 Å². The van der Waals surface area contributed by atoms with Crippen LogP contribution in [0.15, 0.2) is 0 Å². The van der Waals surface area contributed by atoms with E-state index in [2.05, 4.69) is 36.7 Å². The predicted molar refractivity (Wildman–Crippen MR) is 74.0 cm³/mol. The van der Waals surface area contributed by atoms with E-state index in [4.69, 9.17) is 5.73 Å². The van der Waals surface area contributed by atoms with Crippen molar-refractivity contribution in [2.75, 3.05) is 6.54 Å². The lowest BCUT2D eigenvalue weighted by atomic mass is 9.73. The molecule has 0 aliphatic heterocycles. The summed E-state index contributed by atoms with van der Waals surface area (Å²) in [5, 5.41) is 5.18. The second-order valence-corrected chi connectivity index (χ2v) is 5.93. The van der Waals surface area contributed by atoms with Crippen molar-refractivity contribution < 1.29 is 9.59 Å². The van der Waals surface area contributed by atoms with Crippen LogP contribution in [-0.2, 0) is 9.59 Å². The minimum Gasteiger partial charge on any atom is -0.392 e. The zero-order chi connectivity index (χ0) is 13.8. The Bertz CT molecular complexity index is 355. The summed E-state index contributed by atoms with van der Waals surface area (Å²) < 4.78 is 0. The van der Waals surface area contributed by atoms with Crippen LogP contribution in [0.25, 0.3) is 0 Å². The minimum absolute atomic E-state index is 0.0390. The molecule has 102 valence electrons. The molecule has 1 atom stereocenters. The monoisotopic (exact) mass is 271 g/mol. The summed E-state index contributed by atoms with van der Waals surface area (Å²) in [6.45, 7) is 4.28. The molecule has 1 rings (SSSR count). The van der Waals surface area contributed by atoms with E-state index in [-0.39, 0.29) is 23.0 Å². The number of amides is 2. The van der Waals surface area contributed by atoms with Gasteiger partial charge in [0.1, 0.15) is 0 Å². The fourth-order valence-electron chi connectivity index (χ4n) is 2.23. The van der Waals surface area contributed by atoms with Crippen LogP contribution >= 0.6 is 12.2 Å². The lowest BCUT2D eigenvalue weighted by Gasteiger charge is -2.38. The molecule has 0 aromatic heterocycles. The summed E-state index contributed by atoms with van der Waals surface area (Å²) in [7, 11) is 0. The molecule has 1 saturated carbocycles. The van der Waals surface area contributed by atoms with Gasteiger partial charge < -0.3 is 16.4 Å². The zero-order valence-corrected chi connectivity index (χ0v) is 11.7. The predicted octanol–water partition coefficient (Wildman–Crippen LogP) is 0.474. The third-order valence-corrected chi connectivity index (χ3v) is 3.59. The highest BCUT2D eigenvalue weighted by atomic mass is 32.1. The molecule has 0 aromatic carbocycles. The molecule has 18 heavy (non-hydrogen) atoms. The fraction of sp³-hybridized carbons (Fsp3) is 0.750. The number of thiocarbonyl (C=S) groups is 1. The molecule has 1 aliphatic rings. The largest absolute Gasteiger partial charge is 0.392 e. The highest BCUT2D eigenvalue weighted by molar-refractivity contribution is 7.80. The lowest BCUT2D eigenvalue weighted by molar-refractivity contribution is -0.140. The second kappa shape index (κ2) is 6.13. The summed E-state index contributed by atoms with van der Waals surface area (Å²) >= 11 is 4.63. The summed E-state index contributed by atoms with van der Waals surface area (Å²) in [4.78, 5) is 23.4. The van der Waals surface area contributed by atoms with E-state index in [0.29, 0.717) is 0 Å². The van der Waals surface area contributed by atoms with Crippen molar-refractivity contribution in [1.29, 1.82) is 0 Å². The highest BCUT2D eigenvalue weighted by Crippen LogP contribution is 2.35. The van der Waals surface area contributed by atoms with Crippen LogP contribution in [0.1, 0.15) is 39.5 Å². The standard InChI is InChI=1S/C12H21N3O2S/c1-12(2)6-4-3-5-8(12)15-11(17)10(16)14-7-9(13)18/h8H,3-7H2,1-2H3,(H2,13,18)(H,14,16)(H,15,17). The molecule has 5 nitrogen and oxygen atoms in total. The van der Waals surface area contributed by atoms with Gasteiger partial charge in [0, 0.05) is 6.04 Å². The third kappa shape index (κ3) is 4.25. The molecule has 1 aliphatic carbocycles. The Morgan fingerprint density at radius 2 is 2.00 bits per heavy atom. The Hall–Kier alpha value is -1.17. The van der Waals surface area contributed by atoms with Gasteiger partial charge in [0.25, 0.3) is 0 Å². The molecule has 1 unspecified atom stereocenters. The lowest BCUT2D eigenvalue weighted by Crippen LogP contribution is -2.51. The van der Waals surface area contributed by atoms with E-state index in [1.165, 1.54) is 6.42 Å². The molecule has 2 amide bonds.